The van der Waals surface area contributed by atoms with E-state index in [1.54, 1.807) is 0 Å². The first kappa shape index (κ1) is 14.6. The molecule has 0 saturated carbocycles. The van der Waals surface area contributed by atoms with Crippen LogP contribution in [0.1, 0.15) is 22.7 Å². The standard InChI is InChI=1S/C16H18F2N2/c1-20(2)10-11-3-5-12(6-4-11)16(19)13-7-14(17)9-15(18)8-13/h3-9,16H,10,19H2,1-2H3. The molecule has 2 N–H and O–H groups in total. The first-order valence-electron chi connectivity index (χ1n) is 6.41. The van der Waals surface area contributed by atoms with E-state index in [9.17, 15) is 8.78 Å². The zero-order chi connectivity index (χ0) is 14.7. The lowest BCUT2D eigenvalue weighted by Gasteiger charge is -2.15. The van der Waals surface area contributed by atoms with Gasteiger partial charge in [-0.05, 0) is 42.9 Å². The highest BCUT2D eigenvalue weighted by atomic mass is 19.1. The molecule has 1 atom stereocenters. The fourth-order valence-electron chi connectivity index (χ4n) is 2.14. The predicted octanol–water partition coefficient (Wildman–Crippen LogP) is 3.07. The molecule has 4 heteroatoms. The lowest BCUT2D eigenvalue weighted by molar-refractivity contribution is 0.402. The van der Waals surface area contributed by atoms with E-state index in [0.717, 1.165) is 23.7 Å². The molecule has 0 aliphatic carbocycles. The molecule has 0 saturated heterocycles. The highest BCUT2D eigenvalue weighted by molar-refractivity contribution is 5.33. The molecule has 0 aromatic heterocycles. The minimum atomic E-state index is -0.611. The summed E-state index contributed by atoms with van der Waals surface area (Å²) in [7, 11) is 3.99. The Morgan fingerprint density at radius 2 is 1.50 bits per heavy atom. The molecule has 0 amide bonds. The van der Waals surface area contributed by atoms with Crippen molar-refractivity contribution in [2.45, 2.75) is 12.6 Å². The van der Waals surface area contributed by atoms with Crippen LogP contribution in [0.2, 0.25) is 0 Å². The minimum absolute atomic E-state index is 0.433. The number of nitrogens with two attached hydrogens (primary N) is 1. The fourth-order valence-corrected chi connectivity index (χ4v) is 2.14. The van der Waals surface area contributed by atoms with Gasteiger partial charge in [0, 0.05) is 12.6 Å². The summed E-state index contributed by atoms with van der Waals surface area (Å²) in [4.78, 5) is 2.07. The SMILES string of the molecule is CN(C)Cc1ccc(C(N)c2cc(F)cc(F)c2)cc1. The van der Waals surface area contributed by atoms with Gasteiger partial charge in [-0.25, -0.2) is 8.78 Å². The average Bonchev–Trinajstić information content (AvgIpc) is 2.37. The summed E-state index contributed by atoms with van der Waals surface area (Å²) in [6.45, 7) is 0.837. The van der Waals surface area contributed by atoms with Crippen LogP contribution >= 0.6 is 0 Å². The van der Waals surface area contributed by atoms with Crippen LogP contribution in [0.25, 0.3) is 0 Å². The third-order valence-corrected chi connectivity index (χ3v) is 3.08. The number of halogens is 2. The molecule has 106 valence electrons. The normalized spacial score (nSPS) is 12.7. The molecule has 0 aliphatic heterocycles. The molecule has 0 aliphatic rings. The Bertz CT molecular complexity index is 559. The van der Waals surface area contributed by atoms with Gasteiger partial charge in [0.05, 0.1) is 6.04 Å². The van der Waals surface area contributed by atoms with Crippen LogP contribution in [0.15, 0.2) is 42.5 Å². The van der Waals surface area contributed by atoms with E-state index in [2.05, 4.69) is 4.90 Å². The molecular formula is C16H18F2N2. The largest absolute Gasteiger partial charge is 0.320 e. The second-order valence-corrected chi connectivity index (χ2v) is 5.16. The number of benzene rings is 2. The van der Waals surface area contributed by atoms with E-state index in [-0.39, 0.29) is 0 Å². The van der Waals surface area contributed by atoms with Crippen LogP contribution in [-0.2, 0) is 6.54 Å². The Balaban J connectivity index is 2.22. The van der Waals surface area contributed by atoms with Crippen LogP contribution in [-0.4, -0.2) is 19.0 Å². The van der Waals surface area contributed by atoms with Gasteiger partial charge in [0.25, 0.3) is 0 Å². The van der Waals surface area contributed by atoms with Crippen LogP contribution < -0.4 is 5.73 Å². The highest BCUT2D eigenvalue weighted by Crippen LogP contribution is 2.22. The average molecular weight is 276 g/mol. The summed E-state index contributed by atoms with van der Waals surface area (Å²) < 4.78 is 26.4. The molecule has 0 radical (unpaired) electrons. The highest BCUT2D eigenvalue weighted by Gasteiger charge is 2.11. The monoisotopic (exact) mass is 276 g/mol. The van der Waals surface area contributed by atoms with E-state index in [4.69, 9.17) is 5.73 Å². The summed E-state index contributed by atoms with van der Waals surface area (Å²) in [5.74, 6) is -1.22. The third kappa shape index (κ3) is 3.62. The Kier molecular flexibility index (Phi) is 4.47. The van der Waals surface area contributed by atoms with Gasteiger partial charge in [0.2, 0.25) is 0 Å². The molecule has 0 fully saturated rings. The van der Waals surface area contributed by atoms with Crippen LogP contribution in [0.5, 0.6) is 0 Å². The van der Waals surface area contributed by atoms with Gasteiger partial charge in [-0.2, -0.15) is 0 Å². The predicted molar refractivity (Wildman–Crippen MR) is 76.2 cm³/mol. The second kappa shape index (κ2) is 6.11. The van der Waals surface area contributed by atoms with Gasteiger partial charge in [-0.1, -0.05) is 24.3 Å². The van der Waals surface area contributed by atoms with Crippen molar-refractivity contribution in [2.75, 3.05) is 14.1 Å². The minimum Gasteiger partial charge on any atom is -0.320 e. The van der Waals surface area contributed by atoms with Gasteiger partial charge in [0.15, 0.2) is 0 Å². The molecular weight excluding hydrogens is 258 g/mol. The van der Waals surface area contributed by atoms with Gasteiger partial charge < -0.3 is 10.6 Å². The van der Waals surface area contributed by atoms with E-state index in [1.807, 2.05) is 38.4 Å². The van der Waals surface area contributed by atoms with Crippen molar-refractivity contribution in [1.82, 2.24) is 4.90 Å². The molecule has 0 spiro atoms. The van der Waals surface area contributed by atoms with Gasteiger partial charge in [-0.3, -0.25) is 0 Å². The number of hydrogen-bond donors (Lipinski definition) is 1. The van der Waals surface area contributed by atoms with E-state index >= 15 is 0 Å². The summed E-state index contributed by atoms with van der Waals surface area (Å²) in [5, 5.41) is 0. The Hall–Kier alpha value is -1.78. The molecule has 2 aromatic carbocycles. The van der Waals surface area contributed by atoms with E-state index < -0.39 is 17.7 Å². The molecule has 2 rings (SSSR count). The van der Waals surface area contributed by atoms with Crippen molar-refractivity contribution in [3.8, 4) is 0 Å². The topological polar surface area (TPSA) is 29.3 Å². The third-order valence-electron chi connectivity index (χ3n) is 3.08. The van der Waals surface area contributed by atoms with Crippen molar-refractivity contribution in [1.29, 1.82) is 0 Å². The van der Waals surface area contributed by atoms with E-state index in [0.29, 0.717) is 5.56 Å². The fraction of sp³-hybridized carbons (Fsp3) is 0.250. The van der Waals surface area contributed by atoms with Gasteiger partial charge >= 0.3 is 0 Å². The molecule has 20 heavy (non-hydrogen) atoms. The summed E-state index contributed by atoms with van der Waals surface area (Å²) in [6.07, 6.45) is 0. The Morgan fingerprint density at radius 3 is 2.00 bits per heavy atom. The lowest BCUT2D eigenvalue weighted by atomic mass is 9.98. The first-order valence-corrected chi connectivity index (χ1v) is 6.41. The Morgan fingerprint density at radius 1 is 0.950 bits per heavy atom. The van der Waals surface area contributed by atoms with Crippen molar-refractivity contribution in [3.63, 3.8) is 0 Å². The smallest absolute Gasteiger partial charge is 0.126 e. The van der Waals surface area contributed by atoms with Gasteiger partial charge in [-0.15, -0.1) is 0 Å². The lowest BCUT2D eigenvalue weighted by Crippen LogP contribution is -2.13. The van der Waals surface area contributed by atoms with Crippen LogP contribution in [0, 0.1) is 11.6 Å². The van der Waals surface area contributed by atoms with Gasteiger partial charge in [0.1, 0.15) is 11.6 Å². The molecule has 0 heterocycles. The van der Waals surface area contributed by atoms with Crippen LogP contribution in [0.3, 0.4) is 0 Å². The maximum absolute atomic E-state index is 13.2. The molecule has 2 aromatic rings. The van der Waals surface area contributed by atoms with Crippen molar-refractivity contribution < 1.29 is 8.78 Å². The summed E-state index contributed by atoms with van der Waals surface area (Å²) in [6, 6.07) is 10.6. The maximum atomic E-state index is 13.2. The quantitative estimate of drug-likeness (QED) is 0.930. The van der Waals surface area contributed by atoms with E-state index in [1.165, 1.54) is 12.1 Å². The number of rotatable bonds is 4. The van der Waals surface area contributed by atoms with Crippen molar-refractivity contribution >= 4 is 0 Å². The first-order chi connectivity index (χ1) is 9.45. The second-order valence-electron chi connectivity index (χ2n) is 5.16. The zero-order valence-electron chi connectivity index (χ0n) is 11.6. The summed E-state index contributed by atoms with van der Waals surface area (Å²) >= 11 is 0. The maximum Gasteiger partial charge on any atom is 0.126 e. The van der Waals surface area contributed by atoms with Crippen molar-refractivity contribution in [2.24, 2.45) is 5.73 Å². The summed E-state index contributed by atoms with van der Waals surface area (Å²) in [5.41, 5.74) is 8.49. The number of nitrogens with zero attached hydrogens (tertiary/aromatic N) is 1. The molecule has 2 nitrogen and oxygen atoms in total. The molecule has 1 unspecified atom stereocenters. The zero-order valence-corrected chi connectivity index (χ0v) is 11.6. The van der Waals surface area contributed by atoms with Crippen LogP contribution in [0.4, 0.5) is 8.78 Å². The molecule has 0 bridgehead atoms. The Labute approximate surface area is 117 Å². The number of hydrogen-bond acceptors (Lipinski definition) is 2. The van der Waals surface area contributed by atoms with Crippen molar-refractivity contribution in [3.05, 3.63) is 70.8 Å².